The van der Waals surface area contributed by atoms with Crippen LogP contribution in [-0.2, 0) is 14.4 Å². The summed E-state index contributed by atoms with van der Waals surface area (Å²) in [5.41, 5.74) is -0.0128. The first-order chi connectivity index (χ1) is 18.7. The van der Waals surface area contributed by atoms with Gasteiger partial charge in [-0.2, -0.15) is 10.1 Å². The summed E-state index contributed by atoms with van der Waals surface area (Å²) >= 11 is 0. The van der Waals surface area contributed by atoms with Crippen molar-refractivity contribution in [2.24, 2.45) is 5.41 Å². The Kier molecular flexibility index (Phi) is 6.69. The molecule has 2 N–H and O–H groups in total. The summed E-state index contributed by atoms with van der Waals surface area (Å²) in [5, 5.41) is 9.20. The summed E-state index contributed by atoms with van der Waals surface area (Å²) < 4.78 is 40.9. The Morgan fingerprint density at radius 1 is 1.05 bits per heavy atom. The van der Waals surface area contributed by atoms with Crippen LogP contribution in [0.25, 0.3) is 5.52 Å². The van der Waals surface area contributed by atoms with E-state index >= 15 is 0 Å². The summed E-state index contributed by atoms with van der Waals surface area (Å²) in [5.74, 6) is -1.90. The zero-order valence-electron chi connectivity index (χ0n) is 21.0. The zero-order valence-corrected chi connectivity index (χ0v) is 21.0. The molecule has 0 unspecified atom stereocenters. The molecule has 1 aliphatic rings. The summed E-state index contributed by atoms with van der Waals surface area (Å²) in [7, 11) is 0. The summed E-state index contributed by atoms with van der Waals surface area (Å²) in [4.78, 5) is 41.1. The van der Waals surface area contributed by atoms with Crippen molar-refractivity contribution in [2.75, 3.05) is 17.2 Å². The van der Waals surface area contributed by atoms with Gasteiger partial charge in [-0.3, -0.25) is 14.4 Å². The van der Waals surface area contributed by atoms with Gasteiger partial charge in [-0.05, 0) is 63.1 Å². The molecule has 0 saturated heterocycles. The average Bonchev–Trinajstić information content (AvgIpc) is 3.65. The van der Waals surface area contributed by atoms with Crippen molar-refractivity contribution in [3.05, 3.63) is 72.2 Å². The first-order valence-corrected chi connectivity index (χ1v) is 12.0. The Labute approximate surface area is 220 Å². The third-order valence-electron chi connectivity index (χ3n) is 6.30. The number of hydrogen-bond donors (Lipinski definition) is 2. The topological polar surface area (TPSA) is 124 Å². The van der Waals surface area contributed by atoms with Crippen LogP contribution in [0.15, 0.2) is 55.0 Å². The Balaban J connectivity index is 1.29. The molecule has 200 valence electrons. The molecule has 5 rings (SSSR count). The molecule has 2 aromatic carbocycles. The average molecular weight is 536 g/mol. The molecule has 0 aliphatic heterocycles. The summed E-state index contributed by atoms with van der Waals surface area (Å²) in [6, 6.07) is 9.01. The van der Waals surface area contributed by atoms with Gasteiger partial charge in [-0.15, -0.1) is 0 Å². The predicted octanol–water partition coefficient (Wildman–Crippen LogP) is 4.43. The van der Waals surface area contributed by atoms with E-state index in [2.05, 4.69) is 20.7 Å². The van der Waals surface area contributed by atoms with E-state index in [9.17, 15) is 23.2 Å². The van der Waals surface area contributed by atoms with Crippen molar-refractivity contribution >= 4 is 34.5 Å². The molecule has 1 fully saturated rings. The number of ketones is 1. The van der Waals surface area contributed by atoms with Crippen LogP contribution in [0, 0.1) is 24.0 Å². The molecule has 10 nitrogen and oxygen atoms in total. The Morgan fingerprint density at radius 2 is 1.77 bits per heavy atom. The highest BCUT2D eigenvalue weighted by molar-refractivity contribution is 6.16. The lowest BCUT2D eigenvalue weighted by atomic mass is 10.0. The van der Waals surface area contributed by atoms with Crippen LogP contribution >= 0.6 is 0 Å². The van der Waals surface area contributed by atoms with Crippen LogP contribution in [0.3, 0.4) is 0 Å². The van der Waals surface area contributed by atoms with Crippen molar-refractivity contribution in [1.29, 1.82) is 0 Å². The maximum absolute atomic E-state index is 15.0. The number of carbonyl (C=O) groups excluding carboxylic acids is 3. The number of nitrogens with one attached hydrogen (secondary N) is 2. The predicted molar refractivity (Wildman–Crippen MR) is 136 cm³/mol. The molecule has 2 aromatic heterocycles. The number of nitrogens with zero attached hydrogens (tertiary/aromatic N) is 3. The van der Waals surface area contributed by atoms with E-state index in [-0.39, 0.29) is 29.7 Å². The highest BCUT2D eigenvalue weighted by Gasteiger charge is 2.56. The van der Waals surface area contributed by atoms with Gasteiger partial charge in [0.25, 0.3) is 0 Å². The second-order valence-electron chi connectivity index (χ2n) is 9.21. The van der Waals surface area contributed by atoms with E-state index < -0.39 is 28.9 Å². The van der Waals surface area contributed by atoms with Crippen molar-refractivity contribution < 1.29 is 32.6 Å². The first-order valence-electron chi connectivity index (χ1n) is 12.0. The lowest BCUT2D eigenvalue weighted by Crippen LogP contribution is -2.35. The number of aryl methyl sites for hydroxylation is 1. The van der Waals surface area contributed by atoms with E-state index in [1.807, 2.05) is 0 Å². The SMILES string of the molecule is CC(=O)COc1cn2ncnc(Oc3ccc(NC(=O)C4(C(=O)Nc5ccc(F)cc5)CC4)c(F)c3)c2c1C. The maximum atomic E-state index is 15.0. The number of halogens is 2. The lowest BCUT2D eigenvalue weighted by Gasteiger charge is -2.16. The maximum Gasteiger partial charge on any atom is 0.247 e. The molecule has 2 amide bonds. The van der Waals surface area contributed by atoms with Crippen LogP contribution in [0.5, 0.6) is 17.4 Å². The Morgan fingerprint density at radius 3 is 2.44 bits per heavy atom. The number of anilines is 2. The molecular formula is C27H23F2N5O5. The molecule has 0 bridgehead atoms. The van der Waals surface area contributed by atoms with Crippen molar-refractivity contribution in [3.8, 4) is 17.4 Å². The van der Waals surface area contributed by atoms with Gasteiger partial charge in [-0.1, -0.05) is 0 Å². The molecular weight excluding hydrogens is 512 g/mol. The summed E-state index contributed by atoms with van der Waals surface area (Å²) in [6.07, 6.45) is 3.44. The van der Waals surface area contributed by atoms with Crippen molar-refractivity contribution in [3.63, 3.8) is 0 Å². The molecule has 0 spiro atoms. The number of carbonyl (C=O) groups is 3. The smallest absolute Gasteiger partial charge is 0.247 e. The number of amides is 2. The third kappa shape index (κ3) is 5.26. The fourth-order valence-electron chi connectivity index (χ4n) is 3.99. The molecule has 1 aliphatic carbocycles. The van der Waals surface area contributed by atoms with Crippen LogP contribution in [0.1, 0.15) is 25.3 Å². The van der Waals surface area contributed by atoms with Crippen LogP contribution < -0.4 is 20.1 Å². The number of aromatic nitrogens is 3. The normalized spacial score (nSPS) is 13.5. The standard InChI is InChI=1S/C27H23F2N5O5/c1-15(35)13-38-22-12-34-23(16(22)2)24(30-14-31-34)39-19-7-8-21(20(29)11-19)33-26(37)27(9-10-27)25(36)32-18-5-3-17(28)4-6-18/h3-8,11-12,14H,9-10,13H2,1-2H3,(H,32,36)(H,33,37). The monoisotopic (exact) mass is 535 g/mol. The minimum Gasteiger partial charge on any atom is -0.484 e. The van der Waals surface area contributed by atoms with Gasteiger partial charge in [0.15, 0.2) is 5.78 Å². The molecule has 0 atom stereocenters. The molecule has 2 heterocycles. The van der Waals surface area contributed by atoms with E-state index in [1.54, 1.807) is 13.1 Å². The molecule has 39 heavy (non-hydrogen) atoms. The number of rotatable bonds is 9. The third-order valence-corrected chi connectivity index (χ3v) is 6.30. The summed E-state index contributed by atoms with van der Waals surface area (Å²) in [6.45, 7) is 3.06. The fraction of sp³-hybridized carbons (Fsp3) is 0.222. The van der Waals surface area contributed by atoms with Crippen LogP contribution in [0.4, 0.5) is 20.2 Å². The molecule has 12 heteroatoms. The molecule has 1 saturated carbocycles. The van der Waals surface area contributed by atoms with E-state index in [1.165, 1.54) is 54.2 Å². The molecule has 4 aromatic rings. The van der Waals surface area contributed by atoms with Crippen molar-refractivity contribution in [2.45, 2.75) is 26.7 Å². The first kappa shape index (κ1) is 25.8. The van der Waals surface area contributed by atoms with E-state index in [0.717, 1.165) is 6.07 Å². The minimum absolute atomic E-state index is 0.102. The van der Waals surface area contributed by atoms with E-state index in [4.69, 9.17) is 9.47 Å². The van der Waals surface area contributed by atoms with Crippen LogP contribution in [-0.4, -0.2) is 38.8 Å². The number of Topliss-reactive ketones (excluding diaryl/α,β-unsaturated/α-hetero) is 1. The number of hydrogen-bond acceptors (Lipinski definition) is 7. The highest BCUT2D eigenvalue weighted by Crippen LogP contribution is 2.47. The van der Waals surface area contributed by atoms with Gasteiger partial charge in [0.1, 0.15) is 47.0 Å². The number of fused-ring (bicyclic) bond motifs is 1. The largest absolute Gasteiger partial charge is 0.484 e. The van der Waals surface area contributed by atoms with E-state index in [0.29, 0.717) is 35.4 Å². The van der Waals surface area contributed by atoms with Gasteiger partial charge in [0.2, 0.25) is 17.7 Å². The van der Waals surface area contributed by atoms with Gasteiger partial charge >= 0.3 is 0 Å². The Hall–Kier alpha value is -4.87. The van der Waals surface area contributed by atoms with Crippen molar-refractivity contribution in [1.82, 2.24) is 14.6 Å². The fourth-order valence-corrected chi connectivity index (χ4v) is 3.99. The second kappa shape index (κ2) is 10.1. The minimum atomic E-state index is -1.34. The number of benzene rings is 2. The van der Waals surface area contributed by atoms with Crippen LogP contribution in [0.2, 0.25) is 0 Å². The van der Waals surface area contributed by atoms with Gasteiger partial charge in [0, 0.05) is 17.3 Å². The highest BCUT2D eigenvalue weighted by atomic mass is 19.1. The lowest BCUT2D eigenvalue weighted by molar-refractivity contribution is -0.131. The Bertz CT molecular complexity index is 1600. The van der Waals surface area contributed by atoms with Gasteiger partial charge in [-0.25, -0.2) is 13.3 Å². The second-order valence-corrected chi connectivity index (χ2v) is 9.21. The van der Waals surface area contributed by atoms with Gasteiger partial charge < -0.3 is 20.1 Å². The number of ether oxygens (including phenoxy) is 2. The van der Waals surface area contributed by atoms with Gasteiger partial charge in [0.05, 0.1) is 11.9 Å². The zero-order chi connectivity index (χ0) is 27.7. The molecule has 0 radical (unpaired) electrons. The quantitative estimate of drug-likeness (QED) is 0.304.